The Bertz CT molecular complexity index is 296. The van der Waals surface area contributed by atoms with Crippen molar-refractivity contribution in [3.05, 3.63) is 23.0 Å². The van der Waals surface area contributed by atoms with E-state index in [0.717, 1.165) is 0 Å². The van der Waals surface area contributed by atoms with Crippen LogP contribution in [0.4, 0.5) is 4.70 Å². The molecule has 0 amide bonds. The smallest absolute Gasteiger partial charge is 0.142 e. The Morgan fingerprint density at radius 3 is 2.29 bits per heavy atom. The molecular weight excluding hydrogens is 213 g/mol. The molecule has 0 aromatic carbocycles. The Morgan fingerprint density at radius 2 is 1.86 bits per heavy atom. The van der Waals surface area contributed by atoms with Gasteiger partial charge in [0.2, 0.25) is 0 Å². The molecule has 0 bridgehead atoms. The van der Waals surface area contributed by atoms with Crippen LogP contribution >= 0.6 is 12.4 Å². The van der Waals surface area contributed by atoms with E-state index in [1.165, 1.54) is 6.20 Å². The number of rotatable bonds is 2. The minimum atomic E-state index is -0.287. The van der Waals surface area contributed by atoms with Gasteiger partial charge in [-0.25, -0.2) is 0 Å². The molecule has 0 saturated carbocycles. The number of aliphatic hydroxyl groups is 2. The molecule has 0 saturated heterocycles. The van der Waals surface area contributed by atoms with Crippen molar-refractivity contribution < 1.29 is 20.0 Å². The summed E-state index contributed by atoms with van der Waals surface area (Å²) in [6.07, 6.45) is 1.45. The molecule has 14 heavy (non-hydrogen) atoms. The number of hydrogen-bond acceptors (Lipinski definition) is 4. The first kappa shape index (κ1) is 15.6. The Morgan fingerprint density at radius 1 is 1.29 bits per heavy atom. The van der Waals surface area contributed by atoms with Crippen molar-refractivity contribution in [2.24, 2.45) is 0 Å². The number of nitrogens with zero attached hydrogens (tertiary/aromatic N) is 1. The van der Waals surface area contributed by atoms with Gasteiger partial charge < -0.3 is 15.3 Å². The number of aryl methyl sites for hydroxylation is 1. The largest absolute Gasteiger partial charge is 0.506 e. The van der Waals surface area contributed by atoms with Crippen LogP contribution in [0.15, 0.2) is 6.20 Å². The number of aromatic hydroxyl groups is 1. The van der Waals surface area contributed by atoms with Crippen molar-refractivity contribution in [1.82, 2.24) is 4.98 Å². The van der Waals surface area contributed by atoms with Crippen LogP contribution in [-0.2, 0) is 13.2 Å². The van der Waals surface area contributed by atoms with Crippen LogP contribution in [0.25, 0.3) is 0 Å². The summed E-state index contributed by atoms with van der Waals surface area (Å²) in [4.78, 5) is 3.84. The number of aromatic nitrogens is 1. The number of pyridine rings is 1. The van der Waals surface area contributed by atoms with Crippen LogP contribution in [0.5, 0.6) is 5.75 Å². The van der Waals surface area contributed by atoms with Crippen LogP contribution < -0.4 is 0 Å². The summed E-state index contributed by atoms with van der Waals surface area (Å²) in [6, 6.07) is 0. The Labute approximate surface area is 87.0 Å². The monoisotopic (exact) mass is 225 g/mol. The minimum absolute atomic E-state index is 0. The van der Waals surface area contributed by atoms with Gasteiger partial charge in [-0.2, -0.15) is 0 Å². The van der Waals surface area contributed by atoms with Gasteiger partial charge in [0.25, 0.3) is 0 Å². The second kappa shape index (κ2) is 6.53. The predicted molar refractivity (Wildman–Crippen MR) is 52.2 cm³/mol. The summed E-state index contributed by atoms with van der Waals surface area (Å²) < 4.78 is 0. The molecule has 0 unspecified atom stereocenters. The summed E-state index contributed by atoms with van der Waals surface area (Å²) in [6.45, 7) is 1.12. The van der Waals surface area contributed by atoms with Crippen molar-refractivity contribution >= 4 is 12.4 Å². The molecule has 0 radical (unpaired) electrons. The first-order chi connectivity index (χ1) is 5.70. The quantitative estimate of drug-likeness (QED) is 0.691. The van der Waals surface area contributed by atoms with Crippen molar-refractivity contribution in [3.8, 4) is 5.75 Å². The van der Waals surface area contributed by atoms with Crippen molar-refractivity contribution in [3.63, 3.8) is 0 Å². The van der Waals surface area contributed by atoms with E-state index in [-0.39, 0.29) is 36.1 Å². The average Bonchev–Trinajstić information content (AvgIpc) is 2.09. The zero-order chi connectivity index (χ0) is 9.14. The van der Waals surface area contributed by atoms with Crippen molar-refractivity contribution in [1.29, 1.82) is 0 Å². The van der Waals surface area contributed by atoms with E-state index in [1.807, 2.05) is 0 Å². The maximum Gasteiger partial charge on any atom is 0.142 e. The molecule has 1 aromatic rings. The van der Waals surface area contributed by atoms with Crippen LogP contribution in [0.1, 0.15) is 16.8 Å². The summed E-state index contributed by atoms with van der Waals surface area (Å²) >= 11 is 0. The third kappa shape index (κ3) is 2.80. The lowest BCUT2D eigenvalue weighted by molar-refractivity contribution is 0.254. The highest BCUT2D eigenvalue weighted by molar-refractivity contribution is 5.85. The van der Waals surface area contributed by atoms with Gasteiger partial charge in [-0.05, 0) is 6.92 Å². The molecular formula is C8H13ClFNO3. The summed E-state index contributed by atoms with van der Waals surface area (Å²) in [5.41, 5.74) is 1.27. The zero-order valence-electron chi connectivity index (χ0n) is 7.60. The summed E-state index contributed by atoms with van der Waals surface area (Å²) in [5.74, 6) is -0.0379. The molecule has 82 valence electrons. The van der Waals surface area contributed by atoms with E-state index in [2.05, 4.69) is 4.98 Å². The Kier molecular flexibility index (Phi) is 7.26. The van der Waals surface area contributed by atoms with Gasteiger partial charge in [0, 0.05) is 17.3 Å². The SMILES string of the molecule is Cc1ncc(CO)c(CO)c1O.Cl.F. The fourth-order valence-corrected chi connectivity index (χ4v) is 0.997. The standard InChI is InChI=1S/C8H11NO3.ClH.FH/c1-5-8(12)7(4-11)6(3-10)2-9-5;;/h2,10-12H,3-4H2,1H3;2*1H. The topological polar surface area (TPSA) is 73.6 Å². The van der Waals surface area contributed by atoms with Crippen LogP contribution in [0, 0.1) is 6.92 Å². The highest BCUT2D eigenvalue weighted by atomic mass is 35.5. The zero-order valence-corrected chi connectivity index (χ0v) is 8.41. The minimum Gasteiger partial charge on any atom is -0.506 e. The molecule has 0 aliphatic rings. The lowest BCUT2D eigenvalue weighted by Crippen LogP contribution is -1.98. The van der Waals surface area contributed by atoms with Gasteiger partial charge in [0.1, 0.15) is 5.75 Å². The van der Waals surface area contributed by atoms with E-state index in [1.54, 1.807) is 6.92 Å². The molecule has 4 nitrogen and oxygen atoms in total. The summed E-state index contributed by atoms with van der Waals surface area (Å²) in [7, 11) is 0. The first-order valence-corrected chi connectivity index (χ1v) is 3.58. The second-order valence-electron chi connectivity index (χ2n) is 2.51. The summed E-state index contributed by atoms with van der Waals surface area (Å²) in [5, 5.41) is 27.0. The highest BCUT2D eigenvalue weighted by Crippen LogP contribution is 2.23. The predicted octanol–water partition coefficient (Wildman–Crippen LogP) is 0.655. The maximum absolute atomic E-state index is 9.38. The lowest BCUT2D eigenvalue weighted by Gasteiger charge is -2.07. The van der Waals surface area contributed by atoms with Crippen molar-refractivity contribution in [2.75, 3.05) is 0 Å². The fourth-order valence-electron chi connectivity index (χ4n) is 0.997. The molecule has 6 heteroatoms. The first-order valence-electron chi connectivity index (χ1n) is 3.58. The van der Waals surface area contributed by atoms with Gasteiger partial charge in [-0.1, -0.05) is 0 Å². The number of hydrogen-bond donors (Lipinski definition) is 3. The van der Waals surface area contributed by atoms with Gasteiger partial charge in [0.05, 0.1) is 18.9 Å². The molecule has 1 heterocycles. The van der Waals surface area contributed by atoms with E-state index in [0.29, 0.717) is 16.8 Å². The number of aliphatic hydroxyl groups excluding tert-OH is 2. The van der Waals surface area contributed by atoms with E-state index in [4.69, 9.17) is 10.2 Å². The van der Waals surface area contributed by atoms with Gasteiger partial charge in [0.15, 0.2) is 0 Å². The Balaban J connectivity index is 0. The molecule has 0 spiro atoms. The third-order valence-corrected chi connectivity index (χ3v) is 1.76. The Hall–Kier alpha value is -0.910. The molecule has 0 aliphatic heterocycles. The lowest BCUT2D eigenvalue weighted by atomic mass is 10.1. The van der Waals surface area contributed by atoms with E-state index in [9.17, 15) is 5.11 Å². The second-order valence-corrected chi connectivity index (χ2v) is 2.51. The molecule has 1 rings (SSSR count). The van der Waals surface area contributed by atoms with E-state index >= 15 is 0 Å². The molecule has 3 N–H and O–H groups in total. The van der Waals surface area contributed by atoms with E-state index < -0.39 is 0 Å². The molecule has 0 atom stereocenters. The van der Waals surface area contributed by atoms with Gasteiger partial charge in [-0.15, -0.1) is 12.4 Å². The highest BCUT2D eigenvalue weighted by Gasteiger charge is 2.09. The van der Waals surface area contributed by atoms with Crippen LogP contribution in [-0.4, -0.2) is 20.3 Å². The average molecular weight is 226 g/mol. The fraction of sp³-hybridized carbons (Fsp3) is 0.375. The van der Waals surface area contributed by atoms with Gasteiger partial charge >= 0.3 is 0 Å². The molecule has 0 fully saturated rings. The van der Waals surface area contributed by atoms with Gasteiger partial charge in [-0.3, -0.25) is 9.69 Å². The third-order valence-electron chi connectivity index (χ3n) is 1.76. The molecule has 0 aliphatic carbocycles. The normalized spacial score (nSPS) is 8.79. The van der Waals surface area contributed by atoms with Crippen LogP contribution in [0.2, 0.25) is 0 Å². The maximum atomic E-state index is 9.38. The van der Waals surface area contributed by atoms with Crippen molar-refractivity contribution in [2.45, 2.75) is 20.1 Å². The number of halogens is 2. The van der Waals surface area contributed by atoms with Crippen LogP contribution in [0.3, 0.4) is 0 Å². The molecule has 1 aromatic heterocycles.